The summed E-state index contributed by atoms with van der Waals surface area (Å²) in [7, 11) is -2.35. The summed E-state index contributed by atoms with van der Waals surface area (Å²) >= 11 is 0. The fraction of sp³-hybridized carbons (Fsp3) is 0.318. The van der Waals surface area contributed by atoms with Crippen LogP contribution in [-0.4, -0.2) is 41.3 Å². The van der Waals surface area contributed by atoms with E-state index in [0.717, 1.165) is 25.2 Å². The molecule has 2 N–H and O–H groups in total. The molecule has 9 nitrogen and oxygen atoms in total. The molecule has 1 aromatic heterocycles. The van der Waals surface area contributed by atoms with Gasteiger partial charge in [-0.25, -0.2) is 17.7 Å². The first kappa shape index (κ1) is 21.8. The van der Waals surface area contributed by atoms with Crippen LogP contribution in [0.3, 0.4) is 0 Å². The van der Waals surface area contributed by atoms with Gasteiger partial charge in [-0.3, -0.25) is 14.2 Å². The zero-order valence-electron chi connectivity index (χ0n) is 17.8. The fourth-order valence-electron chi connectivity index (χ4n) is 3.94. The Morgan fingerprint density at radius 1 is 1.16 bits per heavy atom. The molecule has 0 radical (unpaired) electrons. The number of aromatic nitrogens is 2. The molecule has 4 rings (SSSR count). The largest absolute Gasteiger partial charge is 0.501 e. The van der Waals surface area contributed by atoms with Gasteiger partial charge < -0.3 is 10.4 Å². The molecule has 168 valence electrons. The summed E-state index contributed by atoms with van der Waals surface area (Å²) in [6, 6.07) is 13.0. The lowest BCUT2D eigenvalue weighted by Crippen LogP contribution is -2.42. The SMILES string of the molecule is CC(NC(=O)c1nc(N2CCCCS2(=O)=O)n(C)c(=O)c1O)c1cccc2ccccc12. The number of nitrogens with one attached hydrogen (secondary N) is 1. The molecule has 10 heteroatoms. The molecule has 32 heavy (non-hydrogen) atoms. The number of hydrogen-bond donors (Lipinski definition) is 2. The minimum atomic E-state index is -3.66. The van der Waals surface area contributed by atoms with Crippen LogP contribution in [0.4, 0.5) is 5.95 Å². The Bertz CT molecular complexity index is 1360. The van der Waals surface area contributed by atoms with E-state index in [1.165, 1.54) is 7.05 Å². The van der Waals surface area contributed by atoms with E-state index in [0.29, 0.717) is 12.8 Å². The Hall–Kier alpha value is -3.40. The van der Waals surface area contributed by atoms with Gasteiger partial charge in [-0.05, 0) is 36.1 Å². The summed E-state index contributed by atoms with van der Waals surface area (Å²) in [6.07, 6.45) is 1.12. The molecule has 1 amide bonds. The smallest absolute Gasteiger partial charge is 0.297 e. The summed E-state index contributed by atoms with van der Waals surface area (Å²) in [4.78, 5) is 29.7. The third-order valence-electron chi connectivity index (χ3n) is 5.67. The molecule has 3 aromatic rings. The summed E-state index contributed by atoms with van der Waals surface area (Å²) in [5, 5.41) is 15.1. The van der Waals surface area contributed by atoms with Gasteiger partial charge in [0.2, 0.25) is 21.7 Å². The van der Waals surface area contributed by atoms with Crippen molar-refractivity contribution < 1.29 is 18.3 Å². The number of hydrogen-bond acceptors (Lipinski definition) is 6. The highest BCUT2D eigenvalue weighted by Gasteiger charge is 2.31. The third-order valence-corrected chi connectivity index (χ3v) is 7.49. The molecule has 1 unspecified atom stereocenters. The predicted octanol–water partition coefficient (Wildman–Crippen LogP) is 2.06. The van der Waals surface area contributed by atoms with Crippen molar-refractivity contribution in [3.05, 3.63) is 64.1 Å². The van der Waals surface area contributed by atoms with Crippen LogP contribution < -0.4 is 15.2 Å². The van der Waals surface area contributed by atoms with Gasteiger partial charge in [0, 0.05) is 13.6 Å². The first-order chi connectivity index (χ1) is 15.2. The van der Waals surface area contributed by atoms with Gasteiger partial charge in [-0.15, -0.1) is 0 Å². The molecule has 0 bridgehead atoms. The number of carbonyl (C=O) groups excluding carboxylic acids is 1. The topological polar surface area (TPSA) is 122 Å². The number of rotatable bonds is 4. The van der Waals surface area contributed by atoms with E-state index in [4.69, 9.17) is 0 Å². The van der Waals surface area contributed by atoms with Crippen molar-refractivity contribution in [1.82, 2.24) is 14.9 Å². The maximum Gasteiger partial charge on any atom is 0.297 e. The number of anilines is 1. The van der Waals surface area contributed by atoms with Crippen molar-refractivity contribution >= 4 is 32.7 Å². The number of amides is 1. The zero-order valence-corrected chi connectivity index (χ0v) is 18.6. The van der Waals surface area contributed by atoms with Crippen LogP contribution in [0, 0.1) is 0 Å². The van der Waals surface area contributed by atoms with Gasteiger partial charge in [0.1, 0.15) is 0 Å². The molecular formula is C22H24N4O5S. The van der Waals surface area contributed by atoms with Crippen molar-refractivity contribution in [3.63, 3.8) is 0 Å². The van der Waals surface area contributed by atoms with Crippen molar-refractivity contribution in [2.45, 2.75) is 25.8 Å². The highest BCUT2D eigenvalue weighted by molar-refractivity contribution is 7.92. The molecule has 0 saturated carbocycles. The number of fused-ring (bicyclic) bond motifs is 1. The van der Waals surface area contributed by atoms with E-state index in [-0.39, 0.29) is 18.2 Å². The van der Waals surface area contributed by atoms with Crippen LogP contribution in [-0.2, 0) is 17.1 Å². The molecule has 1 atom stereocenters. The Labute approximate surface area is 185 Å². The second-order valence-electron chi connectivity index (χ2n) is 7.83. The summed E-state index contributed by atoms with van der Waals surface area (Å²) in [5.74, 6) is -1.84. The first-order valence-corrected chi connectivity index (χ1v) is 11.9. The highest BCUT2D eigenvalue weighted by Crippen LogP contribution is 2.26. The lowest BCUT2D eigenvalue weighted by Gasteiger charge is -2.28. The first-order valence-electron chi connectivity index (χ1n) is 10.3. The predicted molar refractivity (Wildman–Crippen MR) is 121 cm³/mol. The number of carbonyl (C=O) groups is 1. The van der Waals surface area contributed by atoms with Crippen molar-refractivity contribution in [3.8, 4) is 5.75 Å². The van der Waals surface area contributed by atoms with Gasteiger partial charge in [-0.2, -0.15) is 0 Å². The number of nitrogens with zero attached hydrogens (tertiary/aromatic N) is 3. The van der Waals surface area contributed by atoms with E-state index in [1.54, 1.807) is 6.92 Å². The molecule has 1 aliphatic heterocycles. The van der Waals surface area contributed by atoms with Gasteiger partial charge in [0.25, 0.3) is 11.5 Å². The van der Waals surface area contributed by atoms with Crippen molar-refractivity contribution in [1.29, 1.82) is 0 Å². The summed E-state index contributed by atoms with van der Waals surface area (Å²) in [5.41, 5.74) is -0.534. The summed E-state index contributed by atoms with van der Waals surface area (Å²) < 4.78 is 27.0. The molecule has 0 spiro atoms. The Kier molecular flexibility index (Phi) is 5.64. The van der Waals surface area contributed by atoms with Crippen LogP contribution in [0.25, 0.3) is 10.8 Å². The Morgan fingerprint density at radius 3 is 2.62 bits per heavy atom. The van der Waals surface area contributed by atoms with E-state index in [2.05, 4.69) is 10.3 Å². The van der Waals surface area contributed by atoms with Gasteiger partial charge in [-0.1, -0.05) is 42.5 Å². The molecule has 1 aliphatic rings. The minimum absolute atomic E-state index is 0.0661. The van der Waals surface area contributed by atoms with Crippen LogP contribution in [0.15, 0.2) is 47.3 Å². The molecular weight excluding hydrogens is 432 g/mol. The highest BCUT2D eigenvalue weighted by atomic mass is 32.2. The van der Waals surface area contributed by atoms with E-state index in [9.17, 15) is 23.1 Å². The van der Waals surface area contributed by atoms with Crippen molar-refractivity contribution in [2.24, 2.45) is 7.05 Å². The number of aromatic hydroxyl groups is 1. The third kappa shape index (κ3) is 3.81. The lowest BCUT2D eigenvalue weighted by atomic mass is 9.99. The Morgan fingerprint density at radius 2 is 1.88 bits per heavy atom. The lowest BCUT2D eigenvalue weighted by molar-refractivity contribution is 0.0931. The molecule has 1 fully saturated rings. The summed E-state index contributed by atoms with van der Waals surface area (Å²) in [6.45, 7) is 1.94. The van der Waals surface area contributed by atoms with Crippen LogP contribution in [0.2, 0.25) is 0 Å². The van der Waals surface area contributed by atoms with Crippen molar-refractivity contribution in [2.75, 3.05) is 16.6 Å². The monoisotopic (exact) mass is 456 g/mol. The van der Waals surface area contributed by atoms with E-state index < -0.39 is 39.0 Å². The van der Waals surface area contributed by atoms with Crippen LogP contribution >= 0.6 is 0 Å². The van der Waals surface area contributed by atoms with Crippen LogP contribution in [0.1, 0.15) is 41.9 Å². The number of sulfonamides is 1. The Balaban J connectivity index is 1.71. The average Bonchev–Trinajstić information content (AvgIpc) is 2.77. The quantitative estimate of drug-likeness (QED) is 0.620. The van der Waals surface area contributed by atoms with Gasteiger partial charge in [0.05, 0.1) is 11.8 Å². The maximum atomic E-state index is 13.0. The maximum absolute atomic E-state index is 13.0. The molecule has 1 saturated heterocycles. The van der Waals surface area contributed by atoms with E-state index >= 15 is 0 Å². The second kappa shape index (κ2) is 8.27. The van der Waals surface area contributed by atoms with Gasteiger partial charge >= 0.3 is 0 Å². The average molecular weight is 457 g/mol. The van der Waals surface area contributed by atoms with Crippen LogP contribution in [0.5, 0.6) is 5.75 Å². The fourth-order valence-corrected chi connectivity index (χ4v) is 5.55. The second-order valence-corrected chi connectivity index (χ2v) is 9.84. The standard InChI is InChI=1S/C22H24N4O5S/c1-14(16-11-7-9-15-8-3-4-10-17(15)16)23-20(28)18-19(27)21(29)25(2)22(24-18)26-12-5-6-13-32(26,30)31/h3-4,7-11,14,27H,5-6,12-13H2,1-2H3,(H,23,28). The minimum Gasteiger partial charge on any atom is -0.501 e. The molecule has 2 aromatic carbocycles. The zero-order chi connectivity index (χ0) is 23.0. The molecule has 0 aliphatic carbocycles. The normalized spacial score (nSPS) is 16.6. The number of benzene rings is 2. The van der Waals surface area contributed by atoms with Gasteiger partial charge in [0.15, 0.2) is 5.69 Å². The molecule has 2 heterocycles. The van der Waals surface area contributed by atoms with E-state index in [1.807, 2.05) is 42.5 Å².